The van der Waals surface area contributed by atoms with Crippen LogP contribution in [0.3, 0.4) is 0 Å². The van der Waals surface area contributed by atoms with Gasteiger partial charge in [0, 0.05) is 24.5 Å². The van der Waals surface area contributed by atoms with E-state index in [4.69, 9.17) is 4.74 Å². The van der Waals surface area contributed by atoms with Crippen molar-refractivity contribution >= 4 is 0 Å². The maximum Gasteiger partial charge on any atom is 0.127 e. The van der Waals surface area contributed by atoms with Gasteiger partial charge in [0.1, 0.15) is 5.75 Å². The highest BCUT2D eigenvalue weighted by molar-refractivity contribution is 5.30. The highest BCUT2D eigenvalue weighted by atomic mass is 16.5. The third-order valence-corrected chi connectivity index (χ3v) is 3.98. The Kier molecular flexibility index (Phi) is 5.84. The number of nitrogens with zero attached hydrogens (tertiary/aromatic N) is 1. The van der Waals surface area contributed by atoms with Gasteiger partial charge in [-0.15, -0.1) is 0 Å². The molecule has 0 radical (unpaired) electrons. The Balaban J connectivity index is 1.90. The molecule has 1 N–H and O–H groups in total. The zero-order valence-corrected chi connectivity index (χ0v) is 13.1. The predicted octanol–water partition coefficient (Wildman–Crippen LogP) is 3.78. The van der Waals surface area contributed by atoms with Crippen molar-refractivity contribution < 1.29 is 4.74 Å². The first-order valence-electron chi connectivity index (χ1n) is 7.95. The minimum absolute atomic E-state index is 0.387. The van der Waals surface area contributed by atoms with Crippen molar-refractivity contribution in [2.75, 3.05) is 6.54 Å². The van der Waals surface area contributed by atoms with Crippen LogP contribution in [0.4, 0.5) is 0 Å². The van der Waals surface area contributed by atoms with Gasteiger partial charge in [0.15, 0.2) is 0 Å². The molecule has 3 nitrogen and oxygen atoms in total. The molecule has 0 saturated heterocycles. The van der Waals surface area contributed by atoms with Crippen molar-refractivity contribution in [2.45, 2.75) is 59.1 Å². The fraction of sp³-hybridized carbons (Fsp3) is 0.706. The molecule has 1 aliphatic rings. The van der Waals surface area contributed by atoms with Gasteiger partial charge in [-0.25, -0.2) is 0 Å². The second-order valence-electron chi connectivity index (χ2n) is 6.51. The number of aromatic nitrogens is 1. The summed E-state index contributed by atoms with van der Waals surface area (Å²) in [5.74, 6) is 2.53. The predicted molar refractivity (Wildman–Crippen MR) is 82.8 cm³/mol. The first-order valence-corrected chi connectivity index (χ1v) is 7.95. The minimum Gasteiger partial charge on any atom is -0.490 e. The van der Waals surface area contributed by atoms with Crippen molar-refractivity contribution in [2.24, 2.45) is 11.8 Å². The zero-order valence-electron chi connectivity index (χ0n) is 13.1. The number of nitrogens with one attached hydrogen (secondary N) is 1. The van der Waals surface area contributed by atoms with E-state index in [-0.39, 0.29) is 0 Å². The van der Waals surface area contributed by atoms with E-state index in [0.29, 0.717) is 12.0 Å². The monoisotopic (exact) mass is 276 g/mol. The van der Waals surface area contributed by atoms with Gasteiger partial charge >= 0.3 is 0 Å². The number of hydrogen-bond acceptors (Lipinski definition) is 3. The van der Waals surface area contributed by atoms with E-state index in [1.165, 1.54) is 31.2 Å². The maximum absolute atomic E-state index is 6.21. The van der Waals surface area contributed by atoms with Crippen LogP contribution in [0.15, 0.2) is 18.5 Å². The first kappa shape index (κ1) is 15.3. The average Bonchev–Trinajstić information content (AvgIpc) is 2.43. The van der Waals surface area contributed by atoms with Gasteiger partial charge in [0.25, 0.3) is 0 Å². The van der Waals surface area contributed by atoms with Gasteiger partial charge in [-0.2, -0.15) is 0 Å². The standard InChI is InChI=1S/C17H28N2O/c1-13(2)10-19-12-15-11-18-9-8-17(15)20-16-6-4-14(3)5-7-16/h8-9,11,13-14,16,19H,4-7,10,12H2,1-3H3. The van der Waals surface area contributed by atoms with E-state index < -0.39 is 0 Å². The van der Waals surface area contributed by atoms with E-state index in [0.717, 1.165) is 24.8 Å². The Morgan fingerprint density at radius 3 is 2.75 bits per heavy atom. The molecule has 0 amide bonds. The smallest absolute Gasteiger partial charge is 0.127 e. The van der Waals surface area contributed by atoms with Crippen LogP contribution in [0.25, 0.3) is 0 Å². The van der Waals surface area contributed by atoms with Crippen molar-refractivity contribution in [3.8, 4) is 5.75 Å². The molecule has 1 aromatic heterocycles. The van der Waals surface area contributed by atoms with Gasteiger partial charge in [-0.05, 0) is 50.1 Å². The quantitative estimate of drug-likeness (QED) is 0.858. The Labute approximate surface area is 123 Å². The topological polar surface area (TPSA) is 34.2 Å². The van der Waals surface area contributed by atoms with Gasteiger partial charge in [-0.1, -0.05) is 20.8 Å². The van der Waals surface area contributed by atoms with Crippen LogP contribution in [0, 0.1) is 11.8 Å². The fourth-order valence-electron chi connectivity index (χ4n) is 2.68. The van der Waals surface area contributed by atoms with Gasteiger partial charge in [0.05, 0.1) is 6.10 Å². The molecule has 1 saturated carbocycles. The number of ether oxygens (including phenoxy) is 1. The average molecular weight is 276 g/mol. The van der Waals surface area contributed by atoms with E-state index in [2.05, 4.69) is 31.1 Å². The van der Waals surface area contributed by atoms with Crippen LogP contribution in [0.5, 0.6) is 5.75 Å². The lowest BCUT2D eigenvalue weighted by Gasteiger charge is -2.27. The number of pyridine rings is 1. The summed E-state index contributed by atoms with van der Waals surface area (Å²) in [6.45, 7) is 8.64. The molecule has 1 heterocycles. The second-order valence-corrected chi connectivity index (χ2v) is 6.51. The lowest BCUT2D eigenvalue weighted by atomic mass is 9.89. The van der Waals surface area contributed by atoms with Gasteiger partial charge in [-0.3, -0.25) is 4.98 Å². The first-order chi connectivity index (χ1) is 9.65. The summed E-state index contributed by atoms with van der Waals surface area (Å²) in [5, 5.41) is 3.47. The van der Waals surface area contributed by atoms with E-state index in [1.807, 2.05) is 18.5 Å². The molecule has 0 unspecified atom stereocenters. The van der Waals surface area contributed by atoms with Crippen molar-refractivity contribution in [1.82, 2.24) is 10.3 Å². The molecule has 1 aliphatic carbocycles. The highest BCUT2D eigenvalue weighted by Crippen LogP contribution is 2.28. The summed E-state index contributed by atoms with van der Waals surface area (Å²) in [7, 11) is 0. The van der Waals surface area contributed by atoms with Crippen LogP contribution >= 0.6 is 0 Å². The van der Waals surface area contributed by atoms with Crippen molar-refractivity contribution in [3.05, 3.63) is 24.0 Å². The van der Waals surface area contributed by atoms with Crippen LogP contribution in [-0.4, -0.2) is 17.6 Å². The van der Waals surface area contributed by atoms with Crippen LogP contribution in [0.1, 0.15) is 52.0 Å². The highest BCUT2D eigenvalue weighted by Gasteiger charge is 2.20. The Bertz CT molecular complexity index is 398. The lowest BCUT2D eigenvalue weighted by Crippen LogP contribution is -2.24. The lowest BCUT2D eigenvalue weighted by molar-refractivity contribution is 0.134. The molecule has 0 bridgehead atoms. The Morgan fingerprint density at radius 1 is 1.30 bits per heavy atom. The van der Waals surface area contributed by atoms with Crippen LogP contribution in [0.2, 0.25) is 0 Å². The largest absolute Gasteiger partial charge is 0.490 e. The SMILES string of the molecule is CC(C)CNCc1cnccc1OC1CCC(C)CC1. The number of rotatable bonds is 6. The van der Waals surface area contributed by atoms with Crippen LogP contribution in [-0.2, 0) is 6.54 Å². The summed E-state index contributed by atoms with van der Waals surface area (Å²) in [6.07, 6.45) is 9.08. The third kappa shape index (κ3) is 4.78. The molecule has 112 valence electrons. The summed E-state index contributed by atoms with van der Waals surface area (Å²) in [6, 6.07) is 2.00. The van der Waals surface area contributed by atoms with E-state index >= 15 is 0 Å². The summed E-state index contributed by atoms with van der Waals surface area (Å²) in [4.78, 5) is 4.23. The number of hydrogen-bond donors (Lipinski definition) is 1. The molecular formula is C17H28N2O. The third-order valence-electron chi connectivity index (χ3n) is 3.98. The molecule has 2 rings (SSSR count). The molecule has 0 spiro atoms. The summed E-state index contributed by atoms with van der Waals surface area (Å²) >= 11 is 0. The molecule has 0 atom stereocenters. The van der Waals surface area contributed by atoms with Crippen molar-refractivity contribution in [3.63, 3.8) is 0 Å². The summed E-state index contributed by atoms with van der Waals surface area (Å²) < 4.78 is 6.21. The summed E-state index contributed by atoms with van der Waals surface area (Å²) in [5.41, 5.74) is 1.17. The zero-order chi connectivity index (χ0) is 14.4. The van der Waals surface area contributed by atoms with Crippen LogP contribution < -0.4 is 10.1 Å². The molecule has 0 aliphatic heterocycles. The fourth-order valence-corrected chi connectivity index (χ4v) is 2.68. The molecule has 0 aromatic carbocycles. The van der Waals surface area contributed by atoms with Gasteiger partial charge in [0.2, 0.25) is 0 Å². The van der Waals surface area contributed by atoms with Gasteiger partial charge < -0.3 is 10.1 Å². The Hall–Kier alpha value is -1.09. The van der Waals surface area contributed by atoms with Crippen molar-refractivity contribution in [1.29, 1.82) is 0 Å². The minimum atomic E-state index is 0.387. The molecule has 3 heteroatoms. The maximum atomic E-state index is 6.21. The molecule has 1 aromatic rings. The molecule has 1 fully saturated rings. The molecule has 20 heavy (non-hydrogen) atoms. The Morgan fingerprint density at radius 2 is 2.05 bits per heavy atom. The van der Waals surface area contributed by atoms with E-state index in [1.54, 1.807) is 0 Å². The van der Waals surface area contributed by atoms with E-state index in [9.17, 15) is 0 Å². The second kappa shape index (κ2) is 7.63. The normalized spacial score (nSPS) is 23.0. The molecular weight excluding hydrogens is 248 g/mol.